The monoisotopic (exact) mass is 232 g/mol. The van der Waals surface area contributed by atoms with E-state index in [2.05, 4.69) is 19.2 Å². The van der Waals surface area contributed by atoms with Gasteiger partial charge in [-0.1, -0.05) is 13.8 Å². The summed E-state index contributed by atoms with van der Waals surface area (Å²) in [7, 11) is 1.73. The molecule has 1 aliphatic rings. The zero-order valence-corrected chi connectivity index (χ0v) is 11.0. The molecule has 1 fully saturated rings. The summed E-state index contributed by atoms with van der Waals surface area (Å²) in [5.74, 6) is 2.36. The van der Waals surface area contributed by atoms with Gasteiger partial charge in [-0.05, 0) is 17.6 Å². The van der Waals surface area contributed by atoms with Gasteiger partial charge in [-0.3, -0.25) is 0 Å². The molecule has 0 spiro atoms. The van der Waals surface area contributed by atoms with Crippen molar-refractivity contribution in [1.29, 1.82) is 0 Å². The van der Waals surface area contributed by atoms with Crippen LogP contribution in [-0.2, 0) is 4.74 Å². The second-order valence-corrected chi connectivity index (χ2v) is 6.22. The Kier molecular flexibility index (Phi) is 4.90. The maximum atomic E-state index is 5.92. The summed E-state index contributed by atoms with van der Waals surface area (Å²) >= 11 is 2.01. The molecule has 3 N–H and O–H groups in total. The fourth-order valence-electron chi connectivity index (χ4n) is 2.28. The lowest BCUT2D eigenvalue weighted by Crippen LogP contribution is -2.58. The van der Waals surface area contributed by atoms with E-state index in [1.807, 2.05) is 11.8 Å². The second kappa shape index (κ2) is 5.53. The number of hydrogen-bond donors (Lipinski definition) is 2. The second-order valence-electron chi connectivity index (χ2n) is 5.24. The molecule has 1 aliphatic heterocycles. The van der Waals surface area contributed by atoms with Gasteiger partial charge in [0.2, 0.25) is 0 Å². The number of rotatable bonds is 5. The smallest absolute Gasteiger partial charge is 0.0587 e. The van der Waals surface area contributed by atoms with Gasteiger partial charge in [-0.25, -0.2) is 0 Å². The van der Waals surface area contributed by atoms with Gasteiger partial charge in [-0.15, -0.1) is 0 Å². The zero-order chi connectivity index (χ0) is 11.4. The Hall–Kier alpha value is 0.230. The average molecular weight is 232 g/mol. The number of nitrogens with two attached hydrogens (primary N) is 1. The van der Waals surface area contributed by atoms with Crippen molar-refractivity contribution in [2.75, 3.05) is 38.3 Å². The van der Waals surface area contributed by atoms with Crippen molar-refractivity contribution < 1.29 is 4.74 Å². The average Bonchev–Trinajstić information content (AvgIpc) is 2.17. The van der Waals surface area contributed by atoms with Crippen LogP contribution in [0.5, 0.6) is 0 Å². The molecule has 4 heteroatoms. The van der Waals surface area contributed by atoms with Gasteiger partial charge >= 0.3 is 0 Å². The first kappa shape index (κ1) is 13.3. The van der Waals surface area contributed by atoms with Crippen LogP contribution >= 0.6 is 11.8 Å². The molecule has 1 unspecified atom stereocenters. The Morgan fingerprint density at radius 3 is 2.67 bits per heavy atom. The van der Waals surface area contributed by atoms with E-state index in [0.717, 1.165) is 25.3 Å². The van der Waals surface area contributed by atoms with Crippen LogP contribution in [0.4, 0.5) is 0 Å². The van der Waals surface area contributed by atoms with Gasteiger partial charge < -0.3 is 15.8 Å². The van der Waals surface area contributed by atoms with E-state index in [4.69, 9.17) is 10.5 Å². The highest BCUT2D eigenvalue weighted by atomic mass is 32.2. The van der Waals surface area contributed by atoms with Crippen LogP contribution < -0.4 is 11.1 Å². The third kappa shape index (κ3) is 3.94. The minimum absolute atomic E-state index is 0.116. The Morgan fingerprint density at radius 1 is 1.40 bits per heavy atom. The van der Waals surface area contributed by atoms with Crippen molar-refractivity contribution in [2.24, 2.45) is 11.1 Å². The van der Waals surface area contributed by atoms with Crippen LogP contribution in [0.15, 0.2) is 0 Å². The molecule has 1 saturated heterocycles. The van der Waals surface area contributed by atoms with Gasteiger partial charge in [0, 0.05) is 31.5 Å². The molecule has 0 bridgehead atoms. The number of nitrogens with one attached hydrogen (secondary N) is 1. The van der Waals surface area contributed by atoms with Crippen molar-refractivity contribution in [3.05, 3.63) is 0 Å². The lowest BCUT2D eigenvalue weighted by Gasteiger charge is -2.44. The van der Waals surface area contributed by atoms with Crippen molar-refractivity contribution in [3.63, 3.8) is 0 Å². The van der Waals surface area contributed by atoms with Gasteiger partial charge in [0.25, 0.3) is 0 Å². The summed E-state index contributed by atoms with van der Waals surface area (Å²) < 4.78 is 5.06. The molecule has 0 radical (unpaired) electrons. The number of methoxy groups -OCH3 is 1. The first-order valence-electron chi connectivity index (χ1n) is 5.55. The molecule has 1 heterocycles. The van der Waals surface area contributed by atoms with E-state index in [-0.39, 0.29) is 5.54 Å². The van der Waals surface area contributed by atoms with E-state index in [1.54, 1.807) is 7.11 Å². The van der Waals surface area contributed by atoms with Gasteiger partial charge in [0.1, 0.15) is 0 Å². The SMILES string of the molecule is COCCNC1(CN)CSCC(C)(C)C1. The van der Waals surface area contributed by atoms with Crippen LogP contribution in [0.25, 0.3) is 0 Å². The molecule has 3 nitrogen and oxygen atoms in total. The highest BCUT2D eigenvalue weighted by molar-refractivity contribution is 7.99. The van der Waals surface area contributed by atoms with Crippen LogP contribution in [-0.4, -0.2) is 43.9 Å². The Balaban J connectivity index is 2.51. The van der Waals surface area contributed by atoms with Crippen LogP contribution in [0, 0.1) is 5.41 Å². The summed E-state index contributed by atoms with van der Waals surface area (Å²) in [5, 5.41) is 3.57. The number of thioether (sulfide) groups is 1. The Labute approximate surface area is 97.5 Å². The Bertz CT molecular complexity index is 199. The van der Waals surface area contributed by atoms with Crippen LogP contribution in [0.2, 0.25) is 0 Å². The number of ether oxygens (including phenoxy) is 1. The molecular formula is C11H24N2OS. The van der Waals surface area contributed by atoms with Crippen LogP contribution in [0.1, 0.15) is 20.3 Å². The molecule has 0 aliphatic carbocycles. The van der Waals surface area contributed by atoms with E-state index in [9.17, 15) is 0 Å². The standard InChI is InChI=1S/C11H24N2OS/c1-10(2)6-11(7-12,9-15-8-10)13-4-5-14-3/h13H,4-9,12H2,1-3H3. The molecule has 0 aromatic carbocycles. The molecule has 0 aromatic heterocycles. The molecule has 0 amide bonds. The number of hydrogen-bond acceptors (Lipinski definition) is 4. The lowest BCUT2D eigenvalue weighted by molar-refractivity contribution is 0.170. The molecule has 1 rings (SSSR count). The maximum absolute atomic E-state index is 5.92. The summed E-state index contributed by atoms with van der Waals surface area (Å²) in [6.45, 7) is 7.01. The molecule has 15 heavy (non-hydrogen) atoms. The van der Waals surface area contributed by atoms with Crippen molar-refractivity contribution in [1.82, 2.24) is 5.32 Å². The van der Waals surface area contributed by atoms with Crippen molar-refractivity contribution in [3.8, 4) is 0 Å². The summed E-state index contributed by atoms with van der Waals surface area (Å²) in [4.78, 5) is 0. The van der Waals surface area contributed by atoms with E-state index in [0.29, 0.717) is 12.0 Å². The fourth-order valence-corrected chi connectivity index (χ4v) is 3.75. The first-order valence-corrected chi connectivity index (χ1v) is 6.71. The highest BCUT2D eigenvalue weighted by Crippen LogP contribution is 2.38. The summed E-state index contributed by atoms with van der Waals surface area (Å²) in [6, 6.07) is 0. The van der Waals surface area contributed by atoms with E-state index < -0.39 is 0 Å². The largest absolute Gasteiger partial charge is 0.383 e. The predicted octanol–water partition coefficient (Wildman–Crippen LogP) is 1.08. The van der Waals surface area contributed by atoms with E-state index in [1.165, 1.54) is 5.75 Å². The molecule has 0 saturated carbocycles. The topological polar surface area (TPSA) is 47.3 Å². The van der Waals surface area contributed by atoms with Crippen LogP contribution in [0.3, 0.4) is 0 Å². The summed E-state index contributed by atoms with van der Waals surface area (Å²) in [6.07, 6.45) is 1.16. The first-order chi connectivity index (χ1) is 7.04. The Morgan fingerprint density at radius 2 is 2.13 bits per heavy atom. The molecule has 1 atom stereocenters. The third-order valence-corrected chi connectivity index (χ3v) is 4.63. The zero-order valence-electron chi connectivity index (χ0n) is 10.1. The predicted molar refractivity (Wildman–Crippen MR) is 67.4 cm³/mol. The normalized spacial score (nSPS) is 30.4. The molecule has 90 valence electrons. The molecular weight excluding hydrogens is 208 g/mol. The molecule has 0 aromatic rings. The summed E-state index contributed by atoms with van der Waals surface area (Å²) in [5.41, 5.74) is 6.43. The van der Waals surface area contributed by atoms with Crippen molar-refractivity contribution in [2.45, 2.75) is 25.8 Å². The maximum Gasteiger partial charge on any atom is 0.0587 e. The van der Waals surface area contributed by atoms with Gasteiger partial charge in [-0.2, -0.15) is 11.8 Å². The minimum Gasteiger partial charge on any atom is -0.383 e. The van der Waals surface area contributed by atoms with E-state index >= 15 is 0 Å². The quantitative estimate of drug-likeness (QED) is 0.697. The highest BCUT2D eigenvalue weighted by Gasteiger charge is 2.38. The van der Waals surface area contributed by atoms with Gasteiger partial charge in [0.05, 0.1) is 6.61 Å². The third-order valence-electron chi connectivity index (χ3n) is 2.89. The van der Waals surface area contributed by atoms with Gasteiger partial charge in [0.15, 0.2) is 0 Å². The fraction of sp³-hybridized carbons (Fsp3) is 1.00. The lowest BCUT2D eigenvalue weighted by atomic mass is 9.80. The van der Waals surface area contributed by atoms with Crippen molar-refractivity contribution >= 4 is 11.8 Å². The minimum atomic E-state index is 0.116.